The van der Waals surface area contributed by atoms with Crippen molar-refractivity contribution in [2.24, 2.45) is 29.4 Å². The Morgan fingerprint density at radius 1 is 1.03 bits per heavy atom. The van der Waals surface area contributed by atoms with Gasteiger partial charge < -0.3 is 26.2 Å². The van der Waals surface area contributed by atoms with E-state index in [4.69, 9.17) is 5.73 Å². The summed E-state index contributed by atoms with van der Waals surface area (Å²) in [6.45, 7) is 6.22. The van der Waals surface area contributed by atoms with Crippen LogP contribution < -0.4 is 5.73 Å². The van der Waals surface area contributed by atoms with Crippen molar-refractivity contribution in [2.75, 3.05) is 0 Å². The Kier molecular flexibility index (Phi) is 6.17. The predicted molar refractivity (Wildman–Crippen MR) is 140 cm³/mol. The number of Topliss-reactive ketones (excluding diaryl/α,β-unsaturated/α-hetero) is 3. The summed E-state index contributed by atoms with van der Waals surface area (Å²) in [7, 11) is 0. The second-order valence-corrected chi connectivity index (χ2v) is 11.8. The number of fused-ring (bicyclic) bond motifs is 3. The Morgan fingerprint density at radius 3 is 2.26 bits per heavy atom. The molecule has 2 aromatic carbocycles. The third-order valence-electron chi connectivity index (χ3n) is 8.52. The molecule has 0 aromatic heterocycles. The van der Waals surface area contributed by atoms with Crippen LogP contribution in [0.1, 0.15) is 54.2 Å². The number of carbonyl (C=O) groups is 4. The van der Waals surface area contributed by atoms with Gasteiger partial charge in [-0.3, -0.25) is 19.2 Å². The zero-order valence-electron chi connectivity index (χ0n) is 21.8. The molecule has 2 saturated carbocycles. The Hall–Kier alpha value is -3.66. The van der Waals surface area contributed by atoms with Crippen molar-refractivity contribution in [1.29, 1.82) is 0 Å². The second-order valence-electron chi connectivity index (χ2n) is 11.8. The molecule has 3 aliphatic carbocycles. The van der Waals surface area contributed by atoms with Crippen LogP contribution in [-0.2, 0) is 19.8 Å². The number of phenolic OH excluding ortho intramolecular Hbond substituents is 1. The molecule has 0 radical (unpaired) electrons. The van der Waals surface area contributed by atoms with Crippen LogP contribution in [0.15, 0.2) is 42.5 Å². The number of ketones is 3. The van der Waals surface area contributed by atoms with E-state index in [1.165, 1.54) is 12.1 Å². The first-order valence-electron chi connectivity index (χ1n) is 12.8. The molecule has 9 nitrogen and oxygen atoms in total. The molecule has 0 heterocycles. The van der Waals surface area contributed by atoms with E-state index in [2.05, 4.69) is 20.8 Å². The van der Waals surface area contributed by atoms with Gasteiger partial charge in [0.2, 0.25) is 5.91 Å². The first kappa shape index (κ1) is 26.9. The molecule has 2 aromatic rings. The number of carbonyl (C=O) groups excluding carboxylic acids is 4. The summed E-state index contributed by atoms with van der Waals surface area (Å²) in [6.07, 6.45) is -1.99. The van der Waals surface area contributed by atoms with Gasteiger partial charge >= 0.3 is 0 Å². The van der Waals surface area contributed by atoms with E-state index in [1.54, 1.807) is 12.1 Å². The number of amides is 1. The number of benzene rings is 2. The standard InChI is InChI=1S/C30H31NO8/c1-29(2,3)14-9-7-13(8-10-14)11-16-15-5-4-6-18(32)20(15)25(35)23-21(16)24(34)17-12-19(33)22(28(31)38)26(36)30(17,39)27(23)37/h4-11,17,19,21-24,32-34,39H,12H2,1-3H3,(H2,31,38). The molecule has 1 amide bonds. The molecule has 204 valence electrons. The minimum atomic E-state index is -2.91. The maximum absolute atomic E-state index is 13.9. The van der Waals surface area contributed by atoms with Gasteiger partial charge in [0, 0.05) is 11.8 Å². The largest absolute Gasteiger partial charge is 0.507 e. The molecule has 0 bridgehead atoms. The van der Waals surface area contributed by atoms with Crippen molar-refractivity contribution >= 4 is 34.9 Å². The molecular formula is C30H31NO8. The Balaban J connectivity index is 1.70. The highest BCUT2D eigenvalue weighted by Crippen LogP contribution is 2.54. The van der Waals surface area contributed by atoms with Crippen LogP contribution in [0.4, 0.5) is 0 Å². The second kappa shape index (κ2) is 8.94. The van der Waals surface area contributed by atoms with Crippen LogP contribution in [0.5, 0.6) is 5.75 Å². The van der Waals surface area contributed by atoms with Gasteiger partial charge in [0.05, 0.1) is 23.7 Å². The average molecular weight is 534 g/mol. The van der Waals surface area contributed by atoms with Gasteiger partial charge in [0.25, 0.3) is 0 Å². The quantitative estimate of drug-likeness (QED) is 0.360. The van der Waals surface area contributed by atoms with Gasteiger partial charge in [0.15, 0.2) is 23.0 Å². The van der Waals surface area contributed by atoms with E-state index in [0.717, 1.165) is 5.56 Å². The fourth-order valence-electron chi connectivity index (χ4n) is 6.47. The summed E-state index contributed by atoms with van der Waals surface area (Å²) in [5, 5.41) is 44.3. The van der Waals surface area contributed by atoms with Crippen molar-refractivity contribution in [1.82, 2.24) is 0 Å². The topological polar surface area (TPSA) is 175 Å². The minimum absolute atomic E-state index is 0.0972. The van der Waals surface area contributed by atoms with E-state index in [9.17, 15) is 39.6 Å². The molecule has 5 rings (SSSR count). The van der Waals surface area contributed by atoms with Crippen molar-refractivity contribution in [2.45, 2.75) is 50.4 Å². The molecule has 39 heavy (non-hydrogen) atoms. The first-order chi connectivity index (χ1) is 18.2. The number of primary amides is 1. The van der Waals surface area contributed by atoms with Crippen LogP contribution in [0.2, 0.25) is 0 Å². The molecule has 7 atom stereocenters. The molecule has 0 spiro atoms. The lowest BCUT2D eigenvalue weighted by molar-refractivity contribution is -0.192. The number of phenols is 1. The summed E-state index contributed by atoms with van der Waals surface area (Å²) >= 11 is 0. The van der Waals surface area contributed by atoms with E-state index < -0.39 is 71.2 Å². The SMILES string of the molecule is CC(C)(C)c1ccc(C=C2c3cccc(O)c3C(=O)C3C(=O)C4(O)C(=O)C(C(N)=O)C(O)CC4C(O)C23)cc1. The van der Waals surface area contributed by atoms with Crippen LogP contribution in [0.3, 0.4) is 0 Å². The van der Waals surface area contributed by atoms with E-state index in [1.807, 2.05) is 24.3 Å². The fraction of sp³-hybridized carbons (Fsp3) is 0.400. The molecule has 3 aliphatic rings. The van der Waals surface area contributed by atoms with Crippen LogP contribution in [0, 0.1) is 23.7 Å². The number of aliphatic hydroxyl groups excluding tert-OH is 2. The monoisotopic (exact) mass is 533 g/mol. The highest BCUT2D eigenvalue weighted by molar-refractivity contribution is 6.27. The van der Waals surface area contributed by atoms with Gasteiger partial charge in [-0.25, -0.2) is 0 Å². The molecule has 6 N–H and O–H groups in total. The average Bonchev–Trinajstić information content (AvgIpc) is 2.85. The first-order valence-corrected chi connectivity index (χ1v) is 12.8. The van der Waals surface area contributed by atoms with Crippen LogP contribution in [0.25, 0.3) is 11.6 Å². The molecular weight excluding hydrogens is 502 g/mol. The van der Waals surface area contributed by atoms with E-state index in [0.29, 0.717) is 16.7 Å². The summed E-state index contributed by atoms with van der Waals surface area (Å²) in [4.78, 5) is 52.8. The van der Waals surface area contributed by atoms with Crippen LogP contribution >= 0.6 is 0 Å². The number of aromatic hydroxyl groups is 1. The van der Waals surface area contributed by atoms with Gasteiger partial charge in [0.1, 0.15) is 11.7 Å². The molecule has 0 saturated heterocycles. The molecule has 0 aliphatic heterocycles. The van der Waals surface area contributed by atoms with Gasteiger partial charge in [-0.2, -0.15) is 0 Å². The van der Waals surface area contributed by atoms with Crippen LogP contribution in [-0.4, -0.2) is 61.5 Å². The maximum atomic E-state index is 13.9. The Labute approximate surface area is 225 Å². The highest BCUT2D eigenvalue weighted by atomic mass is 16.3. The number of rotatable bonds is 2. The smallest absolute Gasteiger partial charge is 0.230 e. The lowest BCUT2D eigenvalue weighted by Gasteiger charge is -2.53. The number of hydrogen-bond acceptors (Lipinski definition) is 8. The van der Waals surface area contributed by atoms with Crippen molar-refractivity contribution in [3.63, 3.8) is 0 Å². The normalized spacial score (nSPS) is 33.4. The highest BCUT2D eigenvalue weighted by Gasteiger charge is 2.69. The summed E-state index contributed by atoms with van der Waals surface area (Å²) in [6, 6.07) is 12.0. The Bertz CT molecular complexity index is 1440. The third-order valence-corrected chi connectivity index (χ3v) is 8.52. The van der Waals surface area contributed by atoms with E-state index in [-0.39, 0.29) is 16.7 Å². The lowest BCUT2D eigenvalue weighted by atomic mass is 9.51. The van der Waals surface area contributed by atoms with Gasteiger partial charge in [-0.15, -0.1) is 0 Å². The third kappa shape index (κ3) is 3.87. The minimum Gasteiger partial charge on any atom is -0.507 e. The predicted octanol–water partition coefficient (Wildman–Crippen LogP) is 1.39. The number of hydrogen-bond donors (Lipinski definition) is 5. The number of nitrogens with two attached hydrogens (primary N) is 1. The zero-order chi connectivity index (χ0) is 28.6. The van der Waals surface area contributed by atoms with E-state index >= 15 is 0 Å². The van der Waals surface area contributed by atoms with Crippen molar-refractivity contribution < 1.29 is 39.6 Å². The fourth-order valence-corrected chi connectivity index (χ4v) is 6.47. The maximum Gasteiger partial charge on any atom is 0.230 e. The summed E-state index contributed by atoms with van der Waals surface area (Å²) in [5.74, 6) is -11.2. The van der Waals surface area contributed by atoms with Crippen molar-refractivity contribution in [3.05, 3.63) is 64.7 Å². The van der Waals surface area contributed by atoms with Gasteiger partial charge in [-0.05, 0) is 40.2 Å². The molecule has 2 fully saturated rings. The summed E-state index contributed by atoms with van der Waals surface area (Å²) in [5.41, 5.74) is 4.59. The lowest BCUT2D eigenvalue weighted by Crippen LogP contribution is -2.72. The Morgan fingerprint density at radius 2 is 1.67 bits per heavy atom. The number of aliphatic hydroxyl groups is 3. The zero-order valence-corrected chi connectivity index (χ0v) is 21.8. The molecule has 7 unspecified atom stereocenters. The molecule has 9 heteroatoms. The van der Waals surface area contributed by atoms with Crippen molar-refractivity contribution in [3.8, 4) is 5.75 Å². The van der Waals surface area contributed by atoms with Gasteiger partial charge in [-0.1, -0.05) is 63.2 Å². The summed E-state index contributed by atoms with van der Waals surface area (Å²) < 4.78 is 0.